The van der Waals surface area contributed by atoms with Crippen LogP contribution in [0.2, 0.25) is 0 Å². The van der Waals surface area contributed by atoms with Gasteiger partial charge in [-0.05, 0) is 35.9 Å². The predicted molar refractivity (Wildman–Crippen MR) is 148 cm³/mol. The van der Waals surface area contributed by atoms with Crippen LogP contribution in [0.4, 0.5) is 24.7 Å². The molecule has 0 fully saturated rings. The van der Waals surface area contributed by atoms with E-state index in [-0.39, 0.29) is 6.61 Å². The lowest BCUT2D eigenvalue weighted by atomic mass is 10.1. The van der Waals surface area contributed by atoms with Crippen LogP contribution in [0.5, 0.6) is 17.2 Å². The fourth-order valence-corrected chi connectivity index (χ4v) is 4.11. The Kier molecular flexibility index (Phi) is 9.90. The molecule has 0 saturated carbocycles. The van der Waals surface area contributed by atoms with Crippen molar-refractivity contribution in [2.24, 2.45) is 0 Å². The van der Waals surface area contributed by atoms with Crippen molar-refractivity contribution in [3.8, 4) is 17.2 Å². The van der Waals surface area contributed by atoms with Gasteiger partial charge in [-0.25, -0.2) is 9.97 Å². The first-order chi connectivity index (χ1) is 20.5. The summed E-state index contributed by atoms with van der Waals surface area (Å²) in [7, 11) is 0. The van der Waals surface area contributed by atoms with Gasteiger partial charge in [0.05, 0.1) is 50.7 Å². The van der Waals surface area contributed by atoms with Gasteiger partial charge in [-0.3, -0.25) is 0 Å². The normalized spacial score (nSPS) is 15.4. The molecule has 2 heterocycles. The molecule has 0 aliphatic carbocycles. The van der Waals surface area contributed by atoms with Crippen LogP contribution in [-0.4, -0.2) is 62.8 Å². The van der Waals surface area contributed by atoms with Crippen LogP contribution in [0.25, 0.3) is 10.9 Å². The zero-order valence-electron chi connectivity index (χ0n) is 22.7. The van der Waals surface area contributed by atoms with Crippen molar-refractivity contribution in [1.29, 1.82) is 0 Å². The summed E-state index contributed by atoms with van der Waals surface area (Å²) in [5.74, 6) is 2.12. The Morgan fingerprint density at radius 3 is 2.05 bits per heavy atom. The van der Waals surface area contributed by atoms with Crippen LogP contribution in [0.1, 0.15) is 11.1 Å². The van der Waals surface area contributed by atoms with Crippen molar-refractivity contribution < 1.29 is 41.6 Å². The molecule has 1 aromatic heterocycles. The fourth-order valence-electron chi connectivity index (χ4n) is 4.11. The number of ether oxygens (including phenoxy) is 6. The van der Waals surface area contributed by atoms with Gasteiger partial charge in [-0.15, -0.1) is 0 Å². The summed E-state index contributed by atoms with van der Waals surface area (Å²) in [5.41, 5.74) is 1.26. The fraction of sp³-hybridized carbons (Fsp3) is 0.333. The zero-order chi connectivity index (χ0) is 29.2. The number of anilines is 2. The molecular weight excluding hydrogens is 555 g/mol. The van der Waals surface area contributed by atoms with Gasteiger partial charge in [0.15, 0.2) is 11.5 Å². The number of nitrogens with zero attached hydrogens (tertiary/aromatic N) is 2. The molecule has 42 heavy (non-hydrogen) atoms. The Bertz CT molecular complexity index is 1450. The molecule has 4 aromatic rings. The molecule has 0 atom stereocenters. The maximum atomic E-state index is 12.8. The minimum Gasteiger partial charge on any atom is -0.489 e. The maximum Gasteiger partial charge on any atom is 0.416 e. The molecular formula is C30H30F3N3O6. The van der Waals surface area contributed by atoms with E-state index in [9.17, 15) is 13.2 Å². The summed E-state index contributed by atoms with van der Waals surface area (Å²) in [6.45, 7) is 3.42. The topological polar surface area (TPSA) is 93.2 Å². The van der Waals surface area contributed by atoms with E-state index in [1.54, 1.807) is 24.3 Å². The van der Waals surface area contributed by atoms with E-state index in [0.29, 0.717) is 98.1 Å². The van der Waals surface area contributed by atoms with Crippen molar-refractivity contribution >= 4 is 22.4 Å². The number of aromatic nitrogens is 2. The number of hydrogen-bond acceptors (Lipinski definition) is 9. The highest BCUT2D eigenvalue weighted by molar-refractivity contribution is 5.93. The summed E-state index contributed by atoms with van der Waals surface area (Å²) >= 11 is 0. The average Bonchev–Trinajstić information content (AvgIpc) is 2.99. The first-order valence-corrected chi connectivity index (χ1v) is 13.4. The first-order valence-electron chi connectivity index (χ1n) is 13.4. The predicted octanol–water partition coefficient (Wildman–Crippen LogP) is 5.79. The minimum absolute atomic E-state index is 0.114. The largest absolute Gasteiger partial charge is 0.489 e. The summed E-state index contributed by atoms with van der Waals surface area (Å²) < 4.78 is 72.8. The quantitative estimate of drug-likeness (QED) is 0.312. The maximum absolute atomic E-state index is 12.8. The van der Waals surface area contributed by atoms with Gasteiger partial charge >= 0.3 is 6.18 Å². The van der Waals surface area contributed by atoms with Crippen molar-refractivity contribution in [1.82, 2.24) is 9.97 Å². The standard InChI is InChI=1S/C30H30F3N3O6/c31-30(32,33)22-6-4-21(5-7-22)19-42-24-3-1-2-23(16-24)36-29-25-17-27-28(18-26(25)34-20-35-29)41-15-13-39-11-9-37-8-10-38-12-14-40-27/h1-7,16-18,20H,8-15,19H2,(H,34,35,36). The van der Waals surface area contributed by atoms with E-state index in [4.69, 9.17) is 28.4 Å². The van der Waals surface area contributed by atoms with E-state index in [2.05, 4.69) is 15.3 Å². The molecule has 0 radical (unpaired) electrons. The van der Waals surface area contributed by atoms with Gasteiger partial charge in [-0.1, -0.05) is 18.2 Å². The highest BCUT2D eigenvalue weighted by Gasteiger charge is 2.29. The van der Waals surface area contributed by atoms with Gasteiger partial charge in [-0.2, -0.15) is 13.2 Å². The second-order valence-corrected chi connectivity index (χ2v) is 9.21. The summed E-state index contributed by atoms with van der Waals surface area (Å²) in [6.07, 6.45) is -2.93. The highest BCUT2D eigenvalue weighted by atomic mass is 19.4. The zero-order valence-corrected chi connectivity index (χ0v) is 22.7. The highest BCUT2D eigenvalue weighted by Crippen LogP contribution is 2.35. The lowest BCUT2D eigenvalue weighted by molar-refractivity contribution is -0.137. The molecule has 0 unspecified atom stereocenters. The Balaban J connectivity index is 1.30. The number of rotatable bonds is 5. The number of hydrogen-bond donors (Lipinski definition) is 1. The molecule has 9 nitrogen and oxygen atoms in total. The Morgan fingerprint density at radius 2 is 1.38 bits per heavy atom. The SMILES string of the molecule is FC(F)(F)c1ccc(COc2cccc(Nc3ncnc4cc5c(cc34)OCCOCCOCCOCCO5)c2)cc1. The minimum atomic E-state index is -4.38. The van der Waals surface area contributed by atoms with Gasteiger partial charge in [0.25, 0.3) is 0 Å². The second kappa shape index (κ2) is 14.2. The van der Waals surface area contributed by atoms with Crippen molar-refractivity contribution in [3.05, 3.63) is 78.1 Å². The molecule has 3 aromatic carbocycles. The first kappa shape index (κ1) is 29.4. The third kappa shape index (κ3) is 8.21. The number of alkyl halides is 3. The Morgan fingerprint density at radius 1 is 0.738 bits per heavy atom. The monoisotopic (exact) mass is 585 g/mol. The van der Waals surface area contributed by atoms with Gasteiger partial charge in [0.1, 0.15) is 37.7 Å². The van der Waals surface area contributed by atoms with Gasteiger partial charge < -0.3 is 33.7 Å². The van der Waals surface area contributed by atoms with Crippen LogP contribution in [0.15, 0.2) is 67.0 Å². The molecule has 0 saturated heterocycles. The van der Waals surface area contributed by atoms with Gasteiger partial charge in [0.2, 0.25) is 0 Å². The van der Waals surface area contributed by atoms with E-state index >= 15 is 0 Å². The number of halogens is 3. The number of nitrogens with one attached hydrogen (secondary N) is 1. The molecule has 1 aliphatic rings. The van der Waals surface area contributed by atoms with Crippen molar-refractivity contribution in [3.63, 3.8) is 0 Å². The molecule has 0 amide bonds. The lowest BCUT2D eigenvalue weighted by Gasteiger charge is -2.16. The van der Waals surface area contributed by atoms with Crippen molar-refractivity contribution in [2.45, 2.75) is 12.8 Å². The Hall–Kier alpha value is -4.13. The molecule has 222 valence electrons. The molecule has 1 aliphatic heterocycles. The van der Waals surface area contributed by atoms with Crippen LogP contribution < -0.4 is 19.5 Å². The molecule has 12 heteroatoms. The molecule has 0 bridgehead atoms. The van der Waals surface area contributed by atoms with E-state index in [1.165, 1.54) is 18.5 Å². The van der Waals surface area contributed by atoms with Crippen LogP contribution in [0, 0.1) is 0 Å². The van der Waals surface area contributed by atoms with E-state index in [1.807, 2.05) is 12.1 Å². The Labute approximate surface area is 240 Å². The van der Waals surface area contributed by atoms with Crippen molar-refractivity contribution in [2.75, 3.05) is 58.2 Å². The molecule has 5 rings (SSSR count). The van der Waals surface area contributed by atoms with Gasteiger partial charge in [0, 0.05) is 23.2 Å². The summed E-state index contributed by atoms with van der Waals surface area (Å²) in [4.78, 5) is 8.84. The van der Waals surface area contributed by atoms with Crippen LogP contribution in [0.3, 0.4) is 0 Å². The van der Waals surface area contributed by atoms with Crippen LogP contribution >= 0.6 is 0 Å². The smallest absolute Gasteiger partial charge is 0.416 e. The average molecular weight is 586 g/mol. The number of benzene rings is 3. The third-order valence-electron chi connectivity index (χ3n) is 6.20. The number of fused-ring (bicyclic) bond motifs is 2. The van der Waals surface area contributed by atoms with E-state index in [0.717, 1.165) is 12.1 Å². The van der Waals surface area contributed by atoms with E-state index < -0.39 is 11.7 Å². The summed E-state index contributed by atoms with van der Waals surface area (Å²) in [5, 5.41) is 4.00. The molecule has 1 N–H and O–H groups in total. The third-order valence-corrected chi connectivity index (χ3v) is 6.20. The second-order valence-electron chi connectivity index (χ2n) is 9.21. The summed E-state index contributed by atoms with van der Waals surface area (Å²) in [6, 6.07) is 15.7. The van der Waals surface area contributed by atoms with Crippen LogP contribution in [-0.2, 0) is 27.0 Å². The lowest BCUT2D eigenvalue weighted by Crippen LogP contribution is -2.13. The molecule has 0 spiro atoms.